The quantitative estimate of drug-likeness (QED) is 0.146. The minimum absolute atomic E-state index is 0.0253. The van der Waals surface area contributed by atoms with Gasteiger partial charge in [0.15, 0.2) is 5.78 Å². The van der Waals surface area contributed by atoms with Crippen LogP contribution in [0.3, 0.4) is 0 Å². The molecule has 4 aromatic carbocycles. The molecule has 0 amide bonds. The van der Waals surface area contributed by atoms with Crippen molar-refractivity contribution in [3.63, 3.8) is 0 Å². The van der Waals surface area contributed by atoms with Crippen molar-refractivity contribution in [3.05, 3.63) is 164 Å². The first-order valence-electron chi connectivity index (χ1n) is 13.2. The molecule has 0 saturated carbocycles. The minimum atomic E-state index is -0.0253. The van der Waals surface area contributed by atoms with Gasteiger partial charge in [-0.3, -0.25) is 4.79 Å². The van der Waals surface area contributed by atoms with E-state index >= 15 is 0 Å². The number of rotatable bonds is 12. The van der Waals surface area contributed by atoms with Gasteiger partial charge < -0.3 is 0 Å². The lowest BCUT2D eigenvalue weighted by Crippen LogP contribution is -2.03. The second-order valence-electron chi connectivity index (χ2n) is 9.84. The third-order valence-corrected chi connectivity index (χ3v) is 7.89. The molecule has 4 rings (SSSR count). The van der Waals surface area contributed by atoms with Gasteiger partial charge in [-0.05, 0) is 120 Å². The molecule has 0 N–H and O–H groups in total. The Hall–Kier alpha value is -2.81. The van der Waals surface area contributed by atoms with Gasteiger partial charge >= 0.3 is 0 Å². The van der Waals surface area contributed by atoms with Gasteiger partial charge in [0, 0.05) is 20.1 Å². The molecule has 0 aliphatic carbocycles. The summed E-state index contributed by atoms with van der Waals surface area (Å²) in [7, 11) is 0. The normalized spacial score (nSPS) is 13.1. The summed E-state index contributed by atoms with van der Waals surface area (Å²) in [6.45, 7) is 0. The van der Waals surface area contributed by atoms with Gasteiger partial charge in [-0.1, -0.05) is 107 Å². The Morgan fingerprint density at radius 3 is 1.12 bits per heavy atom. The lowest BCUT2D eigenvalue weighted by molar-refractivity contribution is -0.110. The molecule has 204 valence electrons. The van der Waals surface area contributed by atoms with Crippen molar-refractivity contribution < 1.29 is 4.79 Å². The summed E-state index contributed by atoms with van der Waals surface area (Å²) < 4.78 is 0. The van der Waals surface area contributed by atoms with E-state index in [1.165, 1.54) is 22.3 Å². The Balaban J connectivity index is 1.40. The lowest BCUT2D eigenvalue weighted by atomic mass is 9.89. The molecule has 0 spiro atoms. The molecular formula is C35H30Cl4O. The van der Waals surface area contributed by atoms with E-state index in [2.05, 4.69) is 24.3 Å². The van der Waals surface area contributed by atoms with Crippen molar-refractivity contribution in [2.75, 3.05) is 0 Å². The molecule has 4 aromatic rings. The van der Waals surface area contributed by atoms with Gasteiger partial charge in [-0.2, -0.15) is 0 Å². The molecule has 0 aliphatic rings. The molecule has 0 bridgehead atoms. The van der Waals surface area contributed by atoms with Crippen LogP contribution in [0.25, 0.3) is 0 Å². The van der Waals surface area contributed by atoms with Crippen molar-refractivity contribution in [1.82, 2.24) is 0 Å². The van der Waals surface area contributed by atoms with Gasteiger partial charge in [0.05, 0.1) is 0 Å². The molecule has 40 heavy (non-hydrogen) atoms. The van der Waals surface area contributed by atoms with Crippen LogP contribution in [0.1, 0.15) is 46.9 Å². The van der Waals surface area contributed by atoms with E-state index in [1.807, 2.05) is 84.9 Å². The van der Waals surface area contributed by atoms with E-state index in [-0.39, 0.29) is 17.6 Å². The van der Waals surface area contributed by atoms with Crippen LogP contribution >= 0.6 is 46.4 Å². The highest BCUT2D eigenvalue weighted by molar-refractivity contribution is 6.31. The molecule has 0 aromatic heterocycles. The summed E-state index contributed by atoms with van der Waals surface area (Å²) in [4.78, 5) is 12.7. The Kier molecular flexibility index (Phi) is 11.5. The molecule has 0 saturated heterocycles. The van der Waals surface area contributed by atoms with Crippen molar-refractivity contribution >= 4 is 52.2 Å². The number of halogens is 4. The smallest absolute Gasteiger partial charge is 0.178 e. The maximum absolute atomic E-state index is 12.7. The van der Waals surface area contributed by atoms with E-state index in [1.54, 1.807) is 12.2 Å². The largest absolute Gasteiger partial charge is 0.290 e. The minimum Gasteiger partial charge on any atom is -0.290 e. The summed E-state index contributed by atoms with van der Waals surface area (Å²) in [5, 5.41) is 2.85. The van der Waals surface area contributed by atoms with Crippen LogP contribution in [0.5, 0.6) is 0 Å². The van der Waals surface area contributed by atoms with Crippen molar-refractivity contribution in [2.45, 2.75) is 37.5 Å². The van der Waals surface area contributed by atoms with Gasteiger partial charge in [-0.25, -0.2) is 0 Å². The van der Waals surface area contributed by atoms with Crippen LogP contribution in [0.4, 0.5) is 0 Å². The standard InChI is InChI=1S/C35H30Cl4O/c36-31-15-7-25(8-16-31)23-29(27-11-19-33(38)20-12-27)3-1-5-35(40)6-2-4-30(28-13-21-34(39)22-14-28)24-26-9-17-32(37)18-10-26/h1-2,5-22,29-30H,3-4,23-24H2. The molecule has 2 unspecified atom stereocenters. The number of carbonyl (C=O) groups excluding carboxylic acids is 1. The fourth-order valence-electron chi connectivity index (χ4n) is 4.71. The molecule has 0 aliphatic heterocycles. The van der Waals surface area contributed by atoms with Gasteiger partial charge in [0.2, 0.25) is 0 Å². The summed E-state index contributed by atoms with van der Waals surface area (Å²) >= 11 is 24.4. The van der Waals surface area contributed by atoms with E-state index in [0.29, 0.717) is 10.0 Å². The first-order valence-corrected chi connectivity index (χ1v) is 14.7. The lowest BCUT2D eigenvalue weighted by Gasteiger charge is -2.16. The number of carbonyl (C=O) groups is 1. The number of benzene rings is 4. The summed E-state index contributed by atoms with van der Waals surface area (Å²) in [5.41, 5.74) is 4.75. The highest BCUT2D eigenvalue weighted by atomic mass is 35.5. The highest BCUT2D eigenvalue weighted by Crippen LogP contribution is 2.28. The molecular weight excluding hydrogens is 578 g/mol. The monoisotopic (exact) mass is 606 g/mol. The molecule has 0 fully saturated rings. The van der Waals surface area contributed by atoms with E-state index in [4.69, 9.17) is 46.4 Å². The van der Waals surface area contributed by atoms with Crippen LogP contribution in [0.15, 0.2) is 121 Å². The predicted octanol–water partition coefficient (Wildman–Crippen LogP) is 11.1. The fourth-order valence-corrected chi connectivity index (χ4v) is 5.21. The van der Waals surface area contributed by atoms with Crippen LogP contribution < -0.4 is 0 Å². The highest BCUT2D eigenvalue weighted by Gasteiger charge is 2.13. The maximum atomic E-state index is 12.7. The van der Waals surface area contributed by atoms with Gasteiger partial charge in [0.1, 0.15) is 0 Å². The molecule has 1 nitrogen and oxygen atoms in total. The number of hydrogen-bond acceptors (Lipinski definition) is 1. The Morgan fingerprint density at radius 1 is 0.500 bits per heavy atom. The number of ketones is 1. The molecule has 2 atom stereocenters. The predicted molar refractivity (Wildman–Crippen MR) is 171 cm³/mol. The summed E-state index contributed by atoms with van der Waals surface area (Å²) in [6.07, 6.45) is 10.4. The van der Waals surface area contributed by atoms with E-state index in [9.17, 15) is 4.79 Å². The first kappa shape index (κ1) is 30.2. The van der Waals surface area contributed by atoms with Crippen molar-refractivity contribution in [3.8, 4) is 0 Å². The van der Waals surface area contributed by atoms with Crippen molar-refractivity contribution in [2.24, 2.45) is 0 Å². The second-order valence-corrected chi connectivity index (χ2v) is 11.6. The third-order valence-electron chi connectivity index (χ3n) is 6.88. The maximum Gasteiger partial charge on any atom is 0.178 e. The Bertz CT molecular complexity index is 1310. The van der Waals surface area contributed by atoms with Gasteiger partial charge in [-0.15, -0.1) is 0 Å². The zero-order chi connectivity index (χ0) is 28.3. The molecule has 5 heteroatoms. The molecule has 0 heterocycles. The van der Waals surface area contributed by atoms with E-state index < -0.39 is 0 Å². The van der Waals surface area contributed by atoms with Crippen LogP contribution in [0.2, 0.25) is 20.1 Å². The zero-order valence-electron chi connectivity index (χ0n) is 22.0. The van der Waals surface area contributed by atoms with Crippen LogP contribution in [-0.4, -0.2) is 5.78 Å². The average Bonchev–Trinajstić information content (AvgIpc) is 2.95. The Labute approximate surface area is 257 Å². The van der Waals surface area contributed by atoms with E-state index in [0.717, 1.165) is 35.7 Å². The van der Waals surface area contributed by atoms with Crippen LogP contribution in [0, 0.1) is 0 Å². The first-order chi connectivity index (χ1) is 19.4. The molecule has 0 radical (unpaired) electrons. The SMILES string of the molecule is O=C(C=CCC(Cc1ccc(Cl)cc1)c1ccc(Cl)cc1)C=CCC(Cc1ccc(Cl)cc1)c1ccc(Cl)cc1. The second kappa shape index (κ2) is 15.3. The topological polar surface area (TPSA) is 17.1 Å². The summed E-state index contributed by atoms with van der Waals surface area (Å²) in [5.74, 6) is 0.392. The number of hydrogen-bond donors (Lipinski definition) is 0. The van der Waals surface area contributed by atoms with Crippen molar-refractivity contribution in [1.29, 1.82) is 0 Å². The Morgan fingerprint density at radius 2 is 0.800 bits per heavy atom. The van der Waals surface area contributed by atoms with Gasteiger partial charge in [0.25, 0.3) is 0 Å². The fraction of sp³-hybridized carbons (Fsp3) is 0.171. The zero-order valence-corrected chi connectivity index (χ0v) is 25.0. The average molecular weight is 608 g/mol. The van der Waals surface area contributed by atoms with Crippen LogP contribution in [-0.2, 0) is 17.6 Å². The number of allylic oxidation sites excluding steroid dienone is 4. The summed E-state index contributed by atoms with van der Waals surface area (Å²) in [6, 6.07) is 31.6. The third kappa shape index (κ3) is 9.68.